The van der Waals surface area contributed by atoms with E-state index < -0.39 is 0 Å². The van der Waals surface area contributed by atoms with Gasteiger partial charge in [0.1, 0.15) is 12.2 Å². The number of aliphatic imine (C=N–C) groups is 1. The molecule has 0 radical (unpaired) electrons. The van der Waals surface area contributed by atoms with E-state index in [1.807, 2.05) is 25.2 Å². The van der Waals surface area contributed by atoms with Crippen LogP contribution in [-0.2, 0) is 26.4 Å². The van der Waals surface area contributed by atoms with Crippen molar-refractivity contribution in [1.82, 2.24) is 30.0 Å². The lowest BCUT2D eigenvalue weighted by Gasteiger charge is -2.21. The summed E-state index contributed by atoms with van der Waals surface area (Å²) in [6, 6.07) is 0. The van der Waals surface area contributed by atoms with Crippen molar-refractivity contribution < 1.29 is 0 Å². The van der Waals surface area contributed by atoms with Gasteiger partial charge in [0.15, 0.2) is 5.96 Å². The number of nitrogens with zero attached hydrogens (tertiary/aromatic N) is 6. The lowest BCUT2D eigenvalue weighted by atomic mass is 10.4. The van der Waals surface area contributed by atoms with Crippen molar-refractivity contribution >= 4 is 17.3 Å². The van der Waals surface area contributed by atoms with Gasteiger partial charge in [-0.15, -0.1) is 11.3 Å². The van der Waals surface area contributed by atoms with E-state index in [-0.39, 0.29) is 0 Å². The van der Waals surface area contributed by atoms with Crippen molar-refractivity contribution in [3.05, 3.63) is 28.2 Å². The lowest BCUT2D eigenvalue weighted by molar-refractivity contribution is 0.449. The number of hydrogen-bond acceptors (Lipinski definition) is 5. The first-order valence-electron chi connectivity index (χ1n) is 7.32. The number of aromatic nitrogens is 4. The van der Waals surface area contributed by atoms with Crippen LogP contribution in [0.3, 0.4) is 0 Å². The molecule has 0 aliphatic heterocycles. The number of thiazole rings is 1. The van der Waals surface area contributed by atoms with Gasteiger partial charge in [-0.05, 0) is 6.42 Å². The third-order valence-electron chi connectivity index (χ3n) is 3.33. The maximum atomic E-state index is 4.43. The molecule has 0 saturated heterocycles. The predicted molar refractivity (Wildman–Crippen MR) is 89.0 cm³/mol. The van der Waals surface area contributed by atoms with Gasteiger partial charge in [0.25, 0.3) is 0 Å². The number of aryl methyl sites for hydroxylation is 2. The maximum absolute atomic E-state index is 4.43. The summed E-state index contributed by atoms with van der Waals surface area (Å²) in [6.45, 7) is 3.62. The summed E-state index contributed by atoms with van der Waals surface area (Å²) in [5.74, 6) is 1.74. The number of rotatable bonds is 6. The molecule has 0 saturated carbocycles. The second-order valence-electron chi connectivity index (χ2n) is 4.95. The van der Waals surface area contributed by atoms with Crippen LogP contribution in [-0.4, -0.2) is 51.2 Å². The fourth-order valence-electron chi connectivity index (χ4n) is 2.04. The van der Waals surface area contributed by atoms with Gasteiger partial charge < -0.3 is 10.2 Å². The second-order valence-corrected chi connectivity index (χ2v) is 6.15. The molecule has 0 spiro atoms. The summed E-state index contributed by atoms with van der Waals surface area (Å²) >= 11 is 1.78. The Labute approximate surface area is 135 Å². The zero-order valence-electron chi connectivity index (χ0n) is 13.6. The monoisotopic (exact) mass is 321 g/mol. The smallest absolute Gasteiger partial charge is 0.193 e. The fourth-order valence-corrected chi connectivity index (χ4v) is 2.91. The molecule has 8 heteroatoms. The number of nitrogens with one attached hydrogen (secondary N) is 1. The van der Waals surface area contributed by atoms with Gasteiger partial charge in [0.05, 0.1) is 11.6 Å². The first-order valence-corrected chi connectivity index (χ1v) is 8.14. The molecule has 2 rings (SSSR count). The molecule has 120 valence electrons. The Kier molecular flexibility index (Phi) is 5.88. The van der Waals surface area contributed by atoms with Gasteiger partial charge in [0.2, 0.25) is 0 Å². The Balaban J connectivity index is 1.82. The summed E-state index contributed by atoms with van der Waals surface area (Å²) in [4.78, 5) is 16.3. The third kappa shape index (κ3) is 4.27. The topological polar surface area (TPSA) is 71.2 Å². The van der Waals surface area contributed by atoms with Gasteiger partial charge in [-0.3, -0.25) is 9.67 Å². The number of hydrogen-bond donors (Lipinski definition) is 1. The first-order chi connectivity index (χ1) is 10.6. The predicted octanol–water partition coefficient (Wildman–Crippen LogP) is 1.08. The molecule has 0 aliphatic rings. The van der Waals surface area contributed by atoms with Crippen LogP contribution in [0.25, 0.3) is 0 Å². The highest BCUT2D eigenvalue weighted by Gasteiger charge is 2.10. The van der Waals surface area contributed by atoms with Gasteiger partial charge in [-0.2, -0.15) is 5.10 Å². The Hall–Kier alpha value is -1.96. The Bertz CT molecular complexity index is 616. The number of guanidine groups is 1. The van der Waals surface area contributed by atoms with E-state index in [0.29, 0.717) is 6.54 Å². The van der Waals surface area contributed by atoms with E-state index in [0.717, 1.165) is 36.2 Å². The van der Waals surface area contributed by atoms with Crippen molar-refractivity contribution in [2.75, 3.05) is 20.6 Å². The van der Waals surface area contributed by atoms with Crippen LogP contribution in [0.5, 0.6) is 0 Å². The van der Waals surface area contributed by atoms with Crippen LogP contribution in [0.15, 0.2) is 17.5 Å². The maximum Gasteiger partial charge on any atom is 0.193 e. The second kappa shape index (κ2) is 7.88. The summed E-state index contributed by atoms with van der Waals surface area (Å²) in [6.07, 6.45) is 5.48. The normalized spacial score (nSPS) is 11.7. The van der Waals surface area contributed by atoms with Crippen molar-refractivity contribution in [3.63, 3.8) is 0 Å². The summed E-state index contributed by atoms with van der Waals surface area (Å²) < 4.78 is 1.77. The van der Waals surface area contributed by atoms with Gasteiger partial charge in [0, 0.05) is 45.2 Å². The Morgan fingerprint density at radius 2 is 2.27 bits per heavy atom. The van der Waals surface area contributed by atoms with E-state index in [2.05, 4.69) is 32.3 Å². The van der Waals surface area contributed by atoms with E-state index in [1.165, 1.54) is 4.88 Å². The first kappa shape index (κ1) is 16.4. The Morgan fingerprint density at radius 1 is 1.45 bits per heavy atom. The van der Waals surface area contributed by atoms with E-state index in [1.54, 1.807) is 29.4 Å². The highest BCUT2D eigenvalue weighted by atomic mass is 32.1. The third-order valence-corrected chi connectivity index (χ3v) is 4.53. The average molecular weight is 321 g/mol. The minimum Gasteiger partial charge on any atom is -0.356 e. The van der Waals surface area contributed by atoms with Crippen LogP contribution in [0.1, 0.15) is 22.6 Å². The van der Waals surface area contributed by atoms with E-state index >= 15 is 0 Å². The van der Waals surface area contributed by atoms with Crippen LogP contribution in [0.4, 0.5) is 0 Å². The molecule has 0 fully saturated rings. The van der Waals surface area contributed by atoms with Crippen molar-refractivity contribution in [2.24, 2.45) is 12.0 Å². The minimum absolute atomic E-state index is 0.660. The van der Waals surface area contributed by atoms with Gasteiger partial charge in [-0.25, -0.2) is 9.97 Å². The molecule has 0 bridgehead atoms. The fraction of sp³-hybridized carbons (Fsp3) is 0.571. The largest absolute Gasteiger partial charge is 0.356 e. The molecule has 0 atom stereocenters. The van der Waals surface area contributed by atoms with E-state index in [4.69, 9.17) is 0 Å². The lowest BCUT2D eigenvalue weighted by Crippen LogP contribution is -2.39. The summed E-state index contributed by atoms with van der Waals surface area (Å²) in [7, 11) is 5.66. The standard InChI is InChI=1S/C14H23N7S/c1-5-11-8-17-13(22-11)6-7-16-14(15-2)20(3)9-12-18-10-19-21(12)4/h8,10H,5-7,9H2,1-4H3,(H,15,16). The quantitative estimate of drug-likeness (QED) is 0.637. The van der Waals surface area contributed by atoms with Crippen molar-refractivity contribution in [2.45, 2.75) is 26.3 Å². The van der Waals surface area contributed by atoms with Crippen LogP contribution >= 0.6 is 11.3 Å². The van der Waals surface area contributed by atoms with Crippen LogP contribution < -0.4 is 5.32 Å². The molecule has 22 heavy (non-hydrogen) atoms. The molecular formula is C14H23N7S. The van der Waals surface area contributed by atoms with Crippen molar-refractivity contribution in [3.8, 4) is 0 Å². The van der Waals surface area contributed by atoms with Crippen LogP contribution in [0, 0.1) is 0 Å². The molecule has 7 nitrogen and oxygen atoms in total. The summed E-state index contributed by atoms with van der Waals surface area (Å²) in [5, 5.41) is 8.60. The highest BCUT2D eigenvalue weighted by Crippen LogP contribution is 2.13. The molecule has 2 aromatic heterocycles. The van der Waals surface area contributed by atoms with E-state index in [9.17, 15) is 0 Å². The molecule has 2 heterocycles. The molecule has 0 amide bonds. The summed E-state index contributed by atoms with van der Waals surface area (Å²) in [5.41, 5.74) is 0. The molecule has 2 aromatic rings. The minimum atomic E-state index is 0.660. The Morgan fingerprint density at radius 3 is 2.86 bits per heavy atom. The molecule has 0 aliphatic carbocycles. The molecule has 0 aromatic carbocycles. The zero-order chi connectivity index (χ0) is 15.9. The zero-order valence-corrected chi connectivity index (χ0v) is 14.4. The van der Waals surface area contributed by atoms with Gasteiger partial charge >= 0.3 is 0 Å². The SMILES string of the molecule is CCc1cnc(CCNC(=NC)N(C)Cc2ncnn2C)s1. The molecule has 1 N–H and O–H groups in total. The highest BCUT2D eigenvalue weighted by molar-refractivity contribution is 7.11. The van der Waals surface area contributed by atoms with Gasteiger partial charge in [-0.1, -0.05) is 6.92 Å². The molecular weight excluding hydrogens is 298 g/mol. The van der Waals surface area contributed by atoms with Crippen LogP contribution in [0.2, 0.25) is 0 Å². The van der Waals surface area contributed by atoms with Crippen molar-refractivity contribution in [1.29, 1.82) is 0 Å². The molecule has 0 unspecified atom stereocenters. The average Bonchev–Trinajstić information content (AvgIpc) is 3.13.